The zero-order chi connectivity index (χ0) is 29.7. The highest BCUT2D eigenvalue weighted by Crippen LogP contribution is 2.25. The number of pyridine rings is 1. The second-order valence-electron chi connectivity index (χ2n) is 10.6. The maximum atomic E-state index is 13.3. The summed E-state index contributed by atoms with van der Waals surface area (Å²) in [6.45, 7) is 8.91. The number of aromatic nitrogens is 1. The molecule has 2 rings (SSSR count). The molecule has 0 radical (unpaired) electrons. The Morgan fingerprint density at radius 2 is 1.65 bits per heavy atom. The normalized spacial score (nSPS) is 14.1. The predicted molar refractivity (Wildman–Crippen MR) is 152 cm³/mol. The smallest absolute Gasteiger partial charge is 0.306 e. The monoisotopic (exact) mass is 553 g/mol. The van der Waals surface area contributed by atoms with Gasteiger partial charge in [-0.05, 0) is 42.9 Å². The summed E-state index contributed by atoms with van der Waals surface area (Å²) in [5.41, 5.74) is 1.50. The molecule has 1 aromatic heterocycles. The van der Waals surface area contributed by atoms with Gasteiger partial charge in [0.05, 0.1) is 11.6 Å². The van der Waals surface area contributed by atoms with Crippen molar-refractivity contribution < 1.29 is 29.0 Å². The minimum absolute atomic E-state index is 0.0525. The molecule has 0 spiro atoms. The Morgan fingerprint density at radius 1 is 0.950 bits per heavy atom. The summed E-state index contributed by atoms with van der Waals surface area (Å²) >= 11 is 0. The molecule has 4 unspecified atom stereocenters. The summed E-state index contributed by atoms with van der Waals surface area (Å²) in [5.74, 6) is -2.50. The highest BCUT2D eigenvalue weighted by Gasteiger charge is 2.27. The highest BCUT2D eigenvalue weighted by atomic mass is 16.5. The Morgan fingerprint density at radius 3 is 2.25 bits per heavy atom. The minimum Gasteiger partial charge on any atom is -0.481 e. The molecule has 0 aliphatic carbocycles. The highest BCUT2D eigenvalue weighted by molar-refractivity contribution is 5.92. The number of nitrogens with one attached hydrogen (secondary N) is 2. The van der Waals surface area contributed by atoms with Crippen LogP contribution in [-0.4, -0.2) is 45.9 Å². The molecule has 0 saturated heterocycles. The molecule has 9 nitrogen and oxygen atoms in total. The van der Waals surface area contributed by atoms with Crippen molar-refractivity contribution in [1.82, 2.24) is 15.6 Å². The summed E-state index contributed by atoms with van der Waals surface area (Å²) in [6, 6.07) is 13.8. The number of hydrogen-bond acceptors (Lipinski definition) is 6. The van der Waals surface area contributed by atoms with Gasteiger partial charge in [0.25, 0.3) is 5.91 Å². The Balaban J connectivity index is 2.25. The number of ether oxygens (including phenoxy) is 1. The largest absolute Gasteiger partial charge is 0.481 e. The predicted octanol–water partition coefficient (Wildman–Crippen LogP) is 4.86. The molecule has 0 aliphatic heterocycles. The number of unbranched alkanes of at least 4 members (excludes halogenated alkanes) is 1. The summed E-state index contributed by atoms with van der Waals surface area (Å²) in [4.78, 5) is 53.7. The molecule has 4 atom stereocenters. The first-order valence-corrected chi connectivity index (χ1v) is 14.0. The molecule has 218 valence electrons. The van der Waals surface area contributed by atoms with Crippen LogP contribution in [0.4, 0.5) is 0 Å². The van der Waals surface area contributed by atoms with Crippen molar-refractivity contribution in [2.45, 2.75) is 91.3 Å². The van der Waals surface area contributed by atoms with E-state index in [0.29, 0.717) is 25.0 Å². The van der Waals surface area contributed by atoms with Crippen LogP contribution in [0.1, 0.15) is 94.6 Å². The summed E-state index contributed by atoms with van der Waals surface area (Å²) in [7, 11) is 0. The first-order chi connectivity index (χ1) is 19.0. The fraction of sp³-hybridized carbons (Fsp3) is 0.516. The molecule has 9 heteroatoms. The zero-order valence-corrected chi connectivity index (χ0v) is 24.2. The van der Waals surface area contributed by atoms with Crippen molar-refractivity contribution in [2.24, 2.45) is 11.8 Å². The third kappa shape index (κ3) is 11.2. The zero-order valence-electron chi connectivity index (χ0n) is 24.2. The third-order valence-corrected chi connectivity index (χ3v) is 6.74. The Labute approximate surface area is 237 Å². The number of esters is 1. The number of amides is 2. The van der Waals surface area contributed by atoms with Gasteiger partial charge in [-0.3, -0.25) is 19.2 Å². The van der Waals surface area contributed by atoms with Crippen molar-refractivity contribution in [3.63, 3.8) is 0 Å². The fourth-order valence-corrected chi connectivity index (χ4v) is 4.41. The van der Waals surface area contributed by atoms with E-state index in [2.05, 4.69) is 15.6 Å². The summed E-state index contributed by atoms with van der Waals surface area (Å²) in [5, 5.41) is 15.4. The Kier molecular flexibility index (Phi) is 13.3. The second-order valence-corrected chi connectivity index (χ2v) is 10.6. The number of carboxylic acids is 1. The number of hydrogen-bond donors (Lipinski definition) is 3. The van der Waals surface area contributed by atoms with E-state index in [0.717, 1.165) is 18.4 Å². The van der Waals surface area contributed by atoms with Gasteiger partial charge in [-0.2, -0.15) is 0 Å². The fourth-order valence-electron chi connectivity index (χ4n) is 4.41. The van der Waals surface area contributed by atoms with Crippen LogP contribution >= 0.6 is 0 Å². The van der Waals surface area contributed by atoms with Gasteiger partial charge in [-0.1, -0.05) is 70.5 Å². The van der Waals surface area contributed by atoms with E-state index in [1.54, 1.807) is 25.1 Å². The number of carbonyl (C=O) groups excluding carboxylic acids is 3. The van der Waals surface area contributed by atoms with E-state index >= 15 is 0 Å². The standard InChI is InChI=1S/C31H43N3O6/c1-6-7-16-29(36)34-27(20(2)3)19-28(40-22(5)35)25-14-11-15-26(33-25)30(37)32-24(17-21(4)31(38)39)18-23-12-9-8-10-13-23/h8-15,20-21,24,27-28H,6-7,16-19H2,1-5H3,(H,32,37)(H,34,36)(H,38,39). The molecule has 0 fully saturated rings. The number of nitrogens with zero attached hydrogens (tertiary/aromatic N) is 1. The van der Waals surface area contributed by atoms with Crippen LogP contribution < -0.4 is 10.6 Å². The average molecular weight is 554 g/mol. The van der Waals surface area contributed by atoms with Crippen LogP contribution in [0.3, 0.4) is 0 Å². The molecular weight excluding hydrogens is 510 g/mol. The molecule has 40 heavy (non-hydrogen) atoms. The van der Waals surface area contributed by atoms with Gasteiger partial charge < -0.3 is 20.5 Å². The molecule has 2 aromatic rings. The number of aliphatic carboxylic acids is 1. The van der Waals surface area contributed by atoms with Gasteiger partial charge in [0.15, 0.2) is 0 Å². The van der Waals surface area contributed by atoms with Gasteiger partial charge in [-0.25, -0.2) is 4.98 Å². The molecule has 1 aromatic carbocycles. The van der Waals surface area contributed by atoms with Crippen LogP contribution in [0.5, 0.6) is 0 Å². The lowest BCUT2D eigenvalue weighted by Crippen LogP contribution is -2.40. The van der Waals surface area contributed by atoms with E-state index in [1.165, 1.54) is 6.92 Å². The van der Waals surface area contributed by atoms with Crippen LogP contribution in [0.25, 0.3) is 0 Å². The topological polar surface area (TPSA) is 135 Å². The van der Waals surface area contributed by atoms with Crippen molar-refractivity contribution in [2.75, 3.05) is 0 Å². The average Bonchev–Trinajstić information content (AvgIpc) is 2.91. The second kappa shape index (κ2) is 16.4. The van der Waals surface area contributed by atoms with E-state index in [9.17, 15) is 24.3 Å². The van der Waals surface area contributed by atoms with E-state index in [-0.39, 0.29) is 30.0 Å². The molecular formula is C31H43N3O6. The minimum atomic E-state index is -0.932. The maximum absolute atomic E-state index is 13.3. The van der Waals surface area contributed by atoms with Crippen LogP contribution in [0.2, 0.25) is 0 Å². The lowest BCUT2D eigenvalue weighted by atomic mass is 9.95. The van der Waals surface area contributed by atoms with Crippen LogP contribution in [0.15, 0.2) is 48.5 Å². The van der Waals surface area contributed by atoms with Gasteiger partial charge in [-0.15, -0.1) is 0 Å². The lowest BCUT2D eigenvalue weighted by molar-refractivity contribution is -0.147. The van der Waals surface area contributed by atoms with Crippen molar-refractivity contribution in [3.05, 3.63) is 65.5 Å². The number of carbonyl (C=O) groups is 4. The van der Waals surface area contributed by atoms with Crippen LogP contribution in [-0.2, 0) is 25.5 Å². The summed E-state index contributed by atoms with van der Waals surface area (Å²) in [6.07, 6.45) is 2.38. The third-order valence-electron chi connectivity index (χ3n) is 6.74. The number of carboxylic acid groups (broad SMARTS) is 1. The summed E-state index contributed by atoms with van der Waals surface area (Å²) < 4.78 is 5.60. The van der Waals surface area contributed by atoms with Gasteiger partial charge in [0.2, 0.25) is 5.91 Å². The van der Waals surface area contributed by atoms with E-state index < -0.39 is 35.9 Å². The van der Waals surface area contributed by atoms with Crippen molar-refractivity contribution in [1.29, 1.82) is 0 Å². The SMILES string of the molecule is CCCCC(=O)NC(CC(OC(C)=O)c1cccc(C(=O)NC(Cc2ccccc2)CC(C)C(=O)O)n1)C(C)C. The maximum Gasteiger partial charge on any atom is 0.306 e. The molecule has 0 aliphatic rings. The van der Waals surface area contributed by atoms with Gasteiger partial charge in [0, 0.05) is 31.8 Å². The van der Waals surface area contributed by atoms with Crippen molar-refractivity contribution in [3.8, 4) is 0 Å². The number of benzene rings is 1. The molecule has 3 N–H and O–H groups in total. The lowest BCUT2D eigenvalue weighted by Gasteiger charge is -2.27. The molecule has 0 saturated carbocycles. The Bertz CT molecular complexity index is 1120. The molecule has 1 heterocycles. The first-order valence-electron chi connectivity index (χ1n) is 14.0. The molecule has 0 bridgehead atoms. The quantitative estimate of drug-likeness (QED) is 0.253. The van der Waals surface area contributed by atoms with Crippen LogP contribution in [0, 0.1) is 11.8 Å². The van der Waals surface area contributed by atoms with Crippen molar-refractivity contribution >= 4 is 23.8 Å². The Hall–Kier alpha value is -3.75. The number of rotatable bonds is 16. The first kappa shape index (κ1) is 32.5. The van der Waals surface area contributed by atoms with E-state index in [4.69, 9.17) is 4.74 Å². The van der Waals surface area contributed by atoms with Gasteiger partial charge in [0.1, 0.15) is 11.8 Å². The van der Waals surface area contributed by atoms with Gasteiger partial charge >= 0.3 is 11.9 Å². The molecule has 2 amide bonds. The van der Waals surface area contributed by atoms with E-state index in [1.807, 2.05) is 51.1 Å².